The molecule has 0 aromatic heterocycles. The smallest absolute Gasteiger partial charge is 0.225 e. The van der Waals surface area contributed by atoms with Gasteiger partial charge in [-0.3, -0.25) is 4.79 Å². The largest absolute Gasteiger partial charge is 0.351 e. The second-order valence-corrected chi connectivity index (χ2v) is 7.26. The van der Waals surface area contributed by atoms with Crippen LogP contribution in [0.15, 0.2) is 0 Å². The molecule has 1 rings (SSSR count). The lowest BCUT2D eigenvalue weighted by atomic mass is 9.85. The molecule has 0 aliphatic carbocycles. The molecule has 0 aromatic carbocycles. The standard InChI is InChI=1S/C13H25N2O2/c1-11(2,3)14-10(16)9-8-12(4,5)15(17)13(9,6)7/h9H,8H2,1-7H3,(H,14,16). The molecule has 1 aliphatic rings. The zero-order valence-corrected chi connectivity index (χ0v) is 12.0. The van der Waals surface area contributed by atoms with E-state index in [1.807, 2.05) is 48.5 Å². The van der Waals surface area contributed by atoms with E-state index in [0.29, 0.717) is 6.42 Å². The summed E-state index contributed by atoms with van der Waals surface area (Å²) in [4.78, 5) is 12.2. The summed E-state index contributed by atoms with van der Waals surface area (Å²) in [5.41, 5.74) is -1.37. The molecular formula is C13H25N2O2. The Morgan fingerprint density at radius 3 is 2.00 bits per heavy atom. The zero-order valence-electron chi connectivity index (χ0n) is 12.0. The van der Waals surface area contributed by atoms with Gasteiger partial charge in [0.2, 0.25) is 5.91 Å². The van der Waals surface area contributed by atoms with E-state index in [0.717, 1.165) is 5.06 Å². The van der Waals surface area contributed by atoms with E-state index in [1.165, 1.54) is 0 Å². The molecule has 4 heteroatoms. The third kappa shape index (κ3) is 2.80. The van der Waals surface area contributed by atoms with E-state index in [-0.39, 0.29) is 17.4 Å². The van der Waals surface area contributed by atoms with Crippen molar-refractivity contribution in [2.75, 3.05) is 0 Å². The molecule has 0 spiro atoms. The Labute approximate surface area is 104 Å². The predicted molar refractivity (Wildman–Crippen MR) is 66.7 cm³/mol. The van der Waals surface area contributed by atoms with Gasteiger partial charge in [-0.25, -0.2) is 0 Å². The second-order valence-electron chi connectivity index (χ2n) is 7.26. The second kappa shape index (κ2) is 3.95. The van der Waals surface area contributed by atoms with Crippen molar-refractivity contribution >= 4 is 5.91 Å². The first-order valence-electron chi connectivity index (χ1n) is 6.17. The number of amides is 1. The molecular weight excluding hydrogens is 216 g/mol. The van der Waals surface area contributed by atoms with Gasteiger partial charge in [-0.05, 0) is 54.9 Å². The summed E-state index contributed by atoms with van der Waals surface area (Å²) < 4.78 is 0. The lowest BCUT2D eigenvalue weighted by Gasteiger charge is -2.34. The van der Waals surface area contributed by atoms with Crippen LogP contribution in [0.4, 0.5) is 0 Å². The van der Waals surface area contributed by atoms with Crippen molar-refractivity contribution < 1.29 is 10.0 Å². The third-order valence-corrected chi connectivity index (χ3v) is 3.44. The molecule has 17 heavy (non-hydrogen) atoms. The molecule has 1 heterocycles. The van der Waals surface area contributed by atoms with Gasteiger partial charge in [0, 0.05) is 11.1 Å². The van der Waals surface area contributed by atoms with Gasteiger partial charge in [-0.2, -0.15) is 0 Å². The number of nitrogens with one attached hydrogen (secondary N) is 1. The van der Waals surface area contributed by atoms with E-state index in [9.17, 15) is 10.0 Å². The Bertz CT molecular complexity index is 316. The fourth-order valence-electron chi connectivity index (χ4n) is 2.62. The normalized spacial score (nSPS) is 28.1. The highest BCUT2D eigenvalue weighted by Gasteiger charge is 2.55. The summed E-state index contributed by atoms with van der Waals surface area (Å²) in [6.45, 7) is 13.3. The number of hydroxylamine groups is 2. The molecule has 0 saturated carbocycles. The number of carbonyl (C=O) groups is 1. The summed E-state index contributed by atoms with van der Waals surface area (Å²) in [7, 11) is 0. The zero-order chi connectivity index (χ0) is 13.6. The van der Waals surface area contributed by atoms with E-state index in [1.54, 1.807) is 0 Å². The van der Waals surface area contributed by atoms with Gasteiger partial charge in [0.1, 0.15) is 0 Å². The SMILES string of the molecule is CC(C)(C)NC(=O)C1CC(C)(C)N([O])C1(C)C. The van der Waals surface area contributed by atoms with Gasteiger partial charge < -0.3 is 5.32 Å². The Hall–Kier alpha value is -0.610. The molecule has 1 fully saturated rings. The van der Waals surface area contributed by atoms with Crippen molar-refractivity contribution in [3.63, 3.8) is 0 Å². The highest BCUT2D eigenvalue weighted by atomic mass is 16.5. The predicted octanol–water partition coefficient (Wildman–Crippen LogP) is 2.13. The first kappa shape index (κ1) is 14.5. The van der Waals surface area contributed by atoms with Crippen molar-refractivity contribution in [2.45, 2.75) is 71.5 Å². The molecule has 1 atom stereocenters. The van der Waals surface area contributed by atoms with Crippen molar-refractivity contribution in [1.82, 2.24) is 10.4 Å². The fourth-order valence-corrected chi connectivity index (χ4v) is 2.62. The van der Waals surface area contributed by atoms with Crippen LogP contribution in [0.2, 0.25) is 0 Å². The monoisotopic (exact) mass is 241 g/mol. The van der Waals surface area contributed by atoms with Crippen molar-refractivity contribution in [3.05, 3.63) is 0 Å². The number of carbonyl (C=O) groups excluding carboxylic acids is 1. The quantitative estimate of drug-likeness (QED) is 0.764. The van der Waals surface area contributed by atoms with Crippen LogP contribution in [0, 0.1) is 5.92 Å². The highest BCUT2D eigenvalue weighted by Crippen LogP contribution is 2.43. The van der Waals surface area contributed by atoms with Crippen molar-refractivity contribution in [1.29, 1.82) is 0 Å². The molecule has 1 saturated heterocycles. The van der Waals surface area contributed by atoms with Gasteiger partial charge in [0.15, 0.2) is 0 Å². The topological polar surface area (TPSA) is 52.2 Å². The summed E-state index contributed by atoms with van der Waals surface area (Å²) in [6.07, 6.45) is 0.603. The maximum atomic E-state index is 12.2. The molecule has 1 aliphatic heterocycles. The Morgan fingerprint density at radius 1 is 1.24 bits per heavy atom. The van der Waals surface area contributed by atoms with Crippen LogP contribution >= 0.6 is 0 Å². The molecule has 1 radical (unpaired) electrons. The van der Waals surface area contributed by atoms with Crippen molar-refractivity contribution in [3.8, 4) is 0 Å². The lowest BCUT2D eigenvalue weighted by Crippen LogP contribution is -2.51. The molecule has 0 aromatic rings. The van der Waals surface area contributed by atoms with Crippen LogP contribution in [-0.2, 0) is 10.0 Å². The summed E-state index contributed by atoms with van der Waals surface area (Å²) >= 11 is 0. The van der Waals surface area contributed by atoms with Crippen LogP contribution in [0.1, 0.15) is 54.9 Å². The maximum absolute atomic E-state index is 12.2. The summed E-state index contributed by atoms with van der Waals surface area (Å²) in [5.74, 6) is -0.275. The lowest BCUT2D eigenvalue weighted by molar-refractivity contribution is -0.247. The average molecular weight is 241 g/mol. The molecule has 1 N–H and O–H groups in total. The minimum atomic E-state index is -0.640. The molecule has 99 valence electrons. The number of nitrogens with zero attached hydrogens (tertiary/aromatic N) is 1. The fraction of sp³-hybridized carbons (Fsp3) is 0.923. The average Bonchev–Trinajstić information content (AvgIpc) is 2.23. The van der Waals surface area contributed by atoms with Crippen LogP contribution in [0.3, 0.4) is 0 Å². The minimum Gasteiger partial charge on any atom is -0.351 e. The maximum Gasteiger partial charge on any atom is 0.225 e. The number of hydrogen-bond donors (Lipinski definition) is 1. The van der Waals surface area contributed by atoms with E-state index in [4.69, 9.17) is 0 Å². The van der Waals surface area contributed by atoms with E-state index >= 15 is 0 Å². The van der Waals surface area contributed by atoms with Crippen LogP contribution < -0.4 is 5.32 Å². The Balaban J connectivity index is 2.90. The first-order chi connectivity index (χ1) is 7.38. The molecule has 4 nitrogen and oxygen atoms in total. The highest BCUT2D eigenvalue weighted by molar-refractivity contribution is 5.81. The Morgan fingerprint density at radius 2 is 1.71 bits per heavy atom. The molecule has 1 unspecified atom stereocenters. The van der Waals surface area contributed by atoms with Gasteiger partial charge in [0.05, 0.1) is 11.5 Å². The van der Waals surface area contributed by atoms with Crippen LogP contribution in [0.25, 0.3) is 0 Å². The van der Waals surface area contributed by atoms with Gasteiger partial charge in [-0.1, -0.05) is 0 Å². The van der Waals surface area contributed by atoms with E-state index in [2.05, 4.69) is 5.32 Å². The Kier molecular flexibility index (Phi) is 3.36. The molecule has 0 bridgehead atoms. The van der Waals surface area contributed by atoms with Gasteiger partial charge in [0.25, 0.3) is 0 Å². The number of hydrogen-bond acceptors (Lipinski definition) is 2. The van der Waals surface area contributed by atoms with Gasteiger partial charge >= 0.3 is 0 Å². The summed E-state index contributed by atoms with van der Waals surface area (Å²) in [6, 6.07) is 0. The minimum absolute atomic E-state index is 0.0195. The molecule has 1 amide bonds. The van der Waals surface area contributed by atoms with Crippen LogP contribution in [0.5, 0.6) is 0 Å². The summed E-state index contributed by atoms with van der Waals surface area (Å²) in [5, 5.41) is 16.2. The number of rotatable bonds is 1. The van der Waals surface area contributed by atoms with Crippen molar-refractivity contribution in [2.24, 2.45) is 5.92 Å². The first-order valence-corrected chi connectivity index (χ1v) is 6.17. The van der Waals surface area contributed by atoms with Gasteiger partial charge in [-0.15, -0.1) is 10.3 Å². The van der Waals surface area contributed by atoms with Crippen LogP contribution in [-0.4, -0.2) is 27.6 Å². The van der Waals surface area contributed by atoms with E-state index < -0.39 is 11.1 Å². The third-order valence-electron chi connectivity index (χ3n) is 3.44.